The van der Waals surface area contributed by atoms with E-state index in [0.717, 1.165) is 50.9 Å². The molecule has 0 spiro atoms. The number of aliphatic hydroxyl groups is 1. The van der Waals surface area contributed by atoms with Crippen molar-refractivity contribution in [2.45, 2.75) is 175 Å². The molecule has 3 aliphatic rings. The van der Waals surface area contributed by atoms with Crippen LogP contribution in [0.3, 0.4) is 0 Å². The molecule has 4 aromatic heterocycles. The average molecular weight is 1500 g/mol. The van der Waals surface area contributed by atoms with Gasteiger partial charge in [0.2, 0.25) is 53.2 Å². The number of benzene rings is 1. The van der Waals surface area contributed by atoms with Crippen molar-refractivity contribution < 1.29 is 67.4 Å². The van der Waals surface area contributed by atoms with E-state index in [9.17, 15) is 67.4 Å². The maximum absolute atomic E-state index is 14.2. The van der Waals surface area contributed by atoms with Crippen molar-refractivity contribution in [3.05, 3.63) is 100 Å². The van der Waals surface area contributed by atoms with Gasteiger partial charge in [0.15, 0.2) is 0 Å². The van der Waals surface area contributed by atoms with Gasteiger partial charge in [-0.1, -0.05) is 92.1 Å². The molecule has 11 atom stereocenters. The van der Waals surface area contributed by atoms with E-state index in [2.05, 4.69) is 78.4 Å². The van der Waals surface area contributed by atoms with E-state index in [0.29, 0.717) is 53.5 Å². The van der Waals surface area contributed by atoms with Crippen LogP contribution in [0.2, 0.25) is 0 Å². The first kappa shape index (κ1) is 79.5. The van der Waals surface area contributed by atoms with E-state index < -0.39 is 175 Å². The fourth-order valence-electron chi connectivity index (χ4n) is 11.8. The fraction of sp³-hybridized carbons (Fsp3) is 0.544. The second-order valence-corrected chi connectivity index (χ2v) is 30.4. The van der Waals surface area contributed by atoms with Gasteiger partial charge in [0, 0.05) is 34.6 Å². The number of carbonyl (C=O) groups excluding carboxylic acids is 13. The summed E-state index contributed by atoms with van der Waals surface area (Å²) in [4.78, 5) is 200. The number of thiazole rings is 4. The molecule has 103 heavy (non-hydrogen) atoms. The molecular formula is C68H91N17O14S4. The van der Waals surface area contributed by atoms with Gasteiger partial charge in [-0.15, -0.1) is 45.3 Å². The Labute approximate surface area is 612 Å². The van der Waals surface area contributed by atoms with Crippen LogP contribution in [0.15, 0.2) is 51.9 Å². The highest BCUT2D eigenvalue weighted by molar-refractivity contribution is 7.10. The molecule has 13 amide bonds. The summed E-state index contributed by atoms with van der Waals surface area (Å²) in [7, 11) is 0. The molecule has 31 nitrogen and oxygen atoms in total. The lowest BCUT2D eigenvalue weighted by molar-refractivity contribution is -0.139. The summed E-state index contributed by atoms with van der Waals surface area (Å²) >= 11 is 4.31. The van der Waals surface area contributed by atoms with Gasteiger partial charge in [0.1, 0.15) is 79.1 Å². The summed E-state index contributed by atoms with van der Waals surface area (Å²) in [5, 5.41) is 47.5. The lowest BCUT2D eigenvalue weighted by atomic mass is 9.98. The summed E-state index contributed by atoms with van der Waals surface area (Å²) in [6.45, 7) is 15.6. The number of nitrogens with one attached hydrogen (secondary N) is 11. The Bertz CT molecular complexity index is 3890. The summed E-state index contributed by atoms with van der Waals surface area (Å²) in [6.07, 6.45) is 2.68. The van der Waals surface area contributed by atoms with Gasteiger partial charge in [-0.2, -0.15) is 0 Å². The topological polar surface area (TPSA) is 433 Å². The standard InChI is InChI=1S/C68H91N17O14S4/c1-11-36(8)54-64(99)72-37(9)55(90)69-25-49(87)74-41(24-39-17-13-12-14-18-39)67-78-43(29-101-67)56(91)70-26-50(88)84-21-15-19-47(84)61(96)75-40(23-33(2)3)66-79-46(31-102-66)59(94)81-52(34(4)5)63(98)71-27-51(89)85-22-16-20-48(85)62(97)82-53(35(6)7)68-80-44(32-103-68)58(93)76-42(28-86)57(92)73-38(10)65-77-45(30-100-65)60(95)83-54/h12-14,17-18,29-38,40-42,47-48,52-54,86H,11,15-16,19-28H2,1-10H3,(H,69,90)(H,70,91)(H,71,98)(H,72,99)(H,73,92)(H,74,87)(H,75,96)(H,76,93)(H,81,94)(H,82,97)(H,83,95)/t36-,37-,38-,40-,41-,42+,47-,48-,52-,53-,54-/m0/s1. The molecule has 8 rings (SSSR count). The smallest absolute Gasteiger partial charge is 0.271 e. The summed E-state index contributed by atoms with van der Waals surface area (Å²) in [6, 6.07) is -0.726. The van der Waals surface area contributed by atoms with Crippen molar-refractivity contribution in [2.24, 2.45) is 23.7 Å². The Hall–Kier alpha value is -9.19. The Morgan fingerprint density at radius 3 is 1.51 bits per heavy atom. The lowest BCUT2D eigenvalue weighted by Crippen LogP contribution is -2.55. The lowest BCUT2D eigenvalue weighted by Gasteiger charge is -2.28. The van der Waals surface area contributed by atoms with E-state index in [4.69, 9.17) is 0 Å². The largest absolute Gasteiger partial charge is 0.394 e. The molecule has 1 aromatic carbocycles. The van der Waals surface area contributed by atoms with Crippen LogP contribution >= 0.6 is 45.3 Å². The Balaban J connectivity index is 0.993. The highest BCUT2D eigenvalue weighted by atomic mass is 32.1. The second-order valence-electron chi connectivity index (χ2n) is 26.8. The molecule has 3 aliphatic heterocycles. The molecule has 2 saturated heterocycles. The zero-order chi connectivity index (χ0) is 74.9. The van der Waals surface area contributed by atoms with Gasteiger partial charge in [0.05, 0.1) is 50.4 Å². The minimum Gasteiger partial charge on any atom is -0.394 e. The van der Waals surface area contributed by atoms with Crippen LogP contribution in [0.4, 0.5) is 0 Å². The number of rotatable bonds is 9. The first-order valence-corrected chi connectivity index (χ1v) is 37.9. The fourth-order valence-corrected chi connectivity index (χ4v) is 15.3. The maximum atomic E-state index is 14.2. The van der Waals surface area contributed by atoms with Crippen LogP contribution in [0, 0.1) is 23.7 Å². The molecule has 12 N–H and O–H groups in total. The summed E-state index contributed by atoms with van der Waals surface area (Å²) in [5.74, 6) is -9.63. The minimum absolute atomic E-state index is 0.0238. The predicted octanol–water partition coefficient (Wildman–Crippen LogP) is 2.66. The Morgan fingerprint density at radius 2 is 0.951 bits per heavy atom. The molecular weight excluding hydrogens is 1410 g/mol. The molecule has 5 aromatic rings. The first-order chi connectivity index (χ1) is 49.0. The van der Waals surface area contributed by atoms with E-state index in [1.165, 1.54) is 38.2 Å². The van der Waals surface area contributed by atoms with E-state index >= 15 is 0 Å². The zero-order valence-corrected chi connectivity index (χ0v) is 62.3. The van der Waals surface area contributed by atoms with Crippen molar-refractivity contribution in [3.8, 4) is 0 Å². The van der Waals surface area contributed by atoms with Gasteiger partial charge in [-0.05, 0) is 81.6 Å². The summed E-state index contributed by atoms with van der Waals surface area (Å²) in [5.41, 5.74) is 0.539. The number of hydrogen-bond acceptors (Lipinski definition) is 22. The third kappa shape index (κ3) is 21.2. The van der Waals surface area contributed by atoms with Crippen molar-refractivity contribution >= 4 is 122 Å². The molecule has 8 bridgehead atoms. The Morgan fingerprint density at radius 1 is 0.466 bits per heavy atom. The van der Waals surface area contributed by atoms with Gasteiger partial charge in [-0.3, -0.25) is 62.3 Å². The van der Waals surface area contributed by atoms with E-state index in [1.54, 1.807) is 27.7 Å². The number of amides is 13. The molecule has 0 saturated carbocycles. The van der Waals surface area contributed by atoms with Gasteiger partial charge in [-0.25, -0.2) is 19.9 Å². The number of nitrogens with zero attached hydrogens (tertiary/aromatic N) is 6. The van der Waals surface area contributed by atoms with Crippen LogP contribution < -0.4 is 58.5 Å². The molecule has 35 heteroatoms. The number of aromatic nitrogens is 4. The molecule has 7 heterocycles. The summed E-state index contributed by atoms with van der Waals surface area (Å²) < 4.78 is 0. The second kappa shape index (κ2) is 36.8. The third-order valence-corrected chi connectivity index (χ3v) is 21.7. The monoisotopic (exact) mass is 1500 g/mol. The predicted molar refractivity (Wildman–Crippen MR) is 383 cm³/mol. The van der Waals surface area contributed by atoms with Crippen molar-refractivity contribution in [1.82, 2.24) is 88.2 Å². The number of aliphatic hydroxyl groups excluding tert-OH is 1. The van der Waals surface area contributed by atoms with E-state index in [-0.39, 0.29) is 59.1 Å². The third-order valence-electron chi connectivity index (χ3n) is 17.8. The highest BCUT2D eigenvalue weighted by Gasteiger charge is 2.40. The van der Waals surface area contributed by atoms with Crippen LogP contribution in [-0.4, -0.2) is 187 Å². The normalized spacial score (nSPS) is 24.8. The quantitative estimate of drug-likeness (QED) is 0.101. The molecule has 2 fully saturated rings. The molecule has 0 unspecified atom stereocenters. The molecule has 0 aliphatic carbocycles. The Kier molecular flexibility index (Phi) is 28.4. The highest BCUT2D eigenvalue weighted by Crippen LogP contribution is 2.30. The van der Waals surface area contributed by atoms with E-state index in [1.807, 2.05) is 65.0 Å². The number of hydrogen-bond donors (Lipinski definition) is 12. The number of carbonyl (C=O) groups is 13. The molecule has 0 radical (unpaired) electrons. The van der Waals surface area contributed by atoms with Crippen LogP contribution in [0.1, 0.15) is 199 Å². The van der Waals surface area contributed by atoms with Crippen molar-refractivity contribution in [2.75, 3.05) is 39.3 Å². The van der Waals surface area contributed by atoms with Crippen LogP contribution in [0.25, 0.3) is 0 Å². The van der Waals surface area contributed by atoms with Crippen molar-refractivity contribution in [1.29, 1.82) is 0 Å². The first-order valence-electron chi connectivity index (χ1n) is 34.4. The van der Waals surface area contributed by atoms with Gasteiger partial charge < -0.3 is 73.4 Å². The minimum atomic E-state index is -1.48. The number of fused-ring (bicyclic) bond motifs is 10. The zero-order valence-electron chi connectivity index (χ0n) is 59.0. The van der Waals surface area contributed by atoms with Crippen LogP contribution in [-0.2, 0) is 49.6 Å². The SMILES string of the molecule is CC[C@H](C)[C@@H]1NC(=O)c2csc(n2)[C@H](C)NC(=O)[C@@H](CO)NC(=O)c2csc(n2)[C@H](C(C)C)NC(=O)[C@@H]2CCCN2C(=O)CNC(=O)[C@H](C(C)C)NC(=O)c2csc(n2)[C@H](CC(C)C)NC(=O)[C@@H]2CCCN2C(=O)CNC(=O)c2csc(n2)[C@H](Cc2ccccc2)NC(=O)CNC(=O)[C@H](C)NC1=O. The van der Waals surface area contributed by atoms with Gasteiger partial charge in [0.25, 0.3) is 23.6 Å². The maximum Gasteiger partial charge on any atom is 0.271 e. The average Bonchev–Trinajstić information content (AvgIpc) is 1.73. The van der Waals surface area contributed by atoms with Gasteiger partial charge >= 0.3 is 0 Å². The van der Waals surface area contributed by atoms with Crippen molar-refractivity contribution in [3.63, 3.8) is 0 Å². The molecule has 556 valence electrons. The van der Waals surface area contributed by atoms with Crippen LogP contribution in [0.5, 0.6) is 0 Å².